The number of anilines is 2. The summed E-state index contributed by atoms with van der Waals surface area (Å²) in [7, 11) is -2.49. The summed E-state index contributed by atoms with van der Waals surface area (Å²) in [6.07, 6.45) is 0. The quantitative estimate of drug-likeness (QED) is 0.413. The highest BCUT2D eigenvalue weighted by Gasteiger charge is 2.30. The molecule has 0 fully saturated rings. The first kappa shape index (κ1) is 21.8. The van der Waals surface area contributed by atoms with Gasteiger partial charge in [-0.15, -0.1) is 0 Å². The second-order valence-corrected chi connectivity index (χ2v) is 9.50. The first-order chi connectivity index (χ1) is 16.5. The van der Waals surface area contributed by atoms with Crippen molar-refractivity contribution in [2.75, 3.05) is 25.6 Å². The fourth-order valence-corrected chi connectivity index (χ4v) is 4.83. The molecule has 34 heavy (non-hydrogen) atoms. The molecule has 0 atom stereocenters. The molecule has 4 aromatic rings. The molecule has 0 saturated carbocycles. The topological polar surface area (TPSA) is 99.9 Å². The molecule has 0 bridgehead atoms. The number of hydrogen-bond donors (Lipinski definition) is 1. The highest BCUT2D eigenvalue weighted by Crippen LogP contribution is 2.38. The number of nitrogens with zero attached hydrogens (tertiary/aromatic N) is 1. The second kappa shape index (κ2) is 8.75. The zero-order valence-corrected chi connectivity index (χ0v) is 19.4. The summed E-state index contributed by atoms with van der Waals surface area (Å²) < 4.78 is 49.6. The Balaban J connectivity index is 1.61. The number of rotatable bonds is 6. The van der Waals surface area contributed by atoms with Gasteiger partial charge in [0.25, 0.3) is 0 Å². The van der Waals surface area contributed by atoms with Crippen LogP contribution in [0.2, 0.25) is 0 Å². The number of nitrogens with one attached hydrogen (secondary N) is 1. The molecule has 0 radical (unpaired) electrons. The van der Waals surface area contributed by atoms with Crippen molar-refractivity contribution in [2.24, 2.45) is 0 Å². The molecule has 0 saturated heterocycles. The molecule has 174 valence electrons. The van der Waals surface area contributed by atoms with Crippen molar-refractivity contribution in [3.63, 3.8) is 0 Å². The monoisotopic (exact) mass is 478 g/mol. The van der Waals surface area contributed by atoms with E-state index in [1.54, 1.807) is 37.4 Å². The molecule has 1 aromatic heterocycles. The summed E-state index contributed by atoms with van der Waals surface area (Å²) in [6.45, 7) is 2.68. The summed E-state index contributed by atoms with van der Waals surface area (Å²) in [5.74, 6) is 1.73. The molecule has 1 aliphatic rings. The maximum Gasteiger partial charge on any atom is 0.238 e. The maximum absolute atomic E-state index is 13.7. The molecular weight excluding hydrogens is 456 g/mol. The number of para-hydroxylation sites is 1. The maximum atomic E-state index is 13.7. The van der Waals surface area contributed by atoms with E-state index in [2.05, 4.69) is 10.3 Å². The van der Waals surface area contributed by atoms with Crippen LogP contribution < -0.4 is 19.5 Å². The van der Waals surface area contributed by atoms with E-state index in [1.165, 1.54) is 12.1 Å². The molecule has 8 nitrogen and oxygen atoms in total. The van der Waals surface area contributed by atoms with E-state index >= 15 is 0 Å². The van der Waals surface area contributed by atoms with Crippen LogP contribution in [-0.2, 0) is 9.84 Å². The van der Waals surface area contributed by atoms with Gasteiger partial charge in [0.1, 0.15) is 19.0 Å². The van der Waals surface area contributed by atoms with Crippen molar-refractivity contribution in [1.29, 1.82) is 0 Å². The lowest BCUT2D eigenvalue weighted by Gasteiger charge is -2.18. The number of ether oxygens (including phenoxy) is 3. The van der Waals surface area contributed by atoms with Crippen molar-refractivity contribution < 1.29 is 27.0 Å². The van der Waals surface area contributed by atoms with Crippen LogP contribution in [0.25, 0.3) is 11.5 Å². The van der Waals surface area contributed by atoms with Gasteiger partial charge in [-0.2, -0.15) is 4.98 Å². The van der Waals surface area contributed by atoms with Crippen molar-refractivity contribution in [2.45, 2.75) is 16.8 Å². The van der Waals surface area contributed by atoms with Crippen LogP contribution >= 0.6 is 0 Å². The zero-order chi connectivity index (χ0) is 23.7. The van der Waals surface area contributed by atoms with Crippen molar-refractivity contribution >= 4 is 21.4 Å². The van der Waals surface area contributed by atoms with Crippen LogP contribution in [0, 0.1) is 6.92 Å². The number of fused-ring (bicyclic) bond motifs is 1. The fourth-order valence-electron chi connectivity index (χ4n) is 3.56. The molecule has 0 spiro atoms. The van der Waals surface area contributed by atoms with Gasteiger partial charge in [-0.3, -0.25) is 0 Å². The standard InChI is InChI=1S/C25H22N2O6S/c1-16-5-3-4-6-20(16)26-24-25(27-23(33-24)17-7-9-18(30-2)10-8-17)34(28,29)19-11-12-21-22(15-19)32-14-13-31-21/h3-12,15,26H,13-14H2,1-2H3. The average Bonchev–Trinajstić information content (AvgIpc) is 3.30. The number of aryl methyl sites for hydroxylation is 1. The lowest BCUT2D eigenvalue weighted by atomic mass is 10.2. The molecule has 1 aliphatic heterocycles. The molecule has 0 amide bonds. The largest absolute Gasteiger partial charge is 0.497 e. The van der Waals surface area contributed by atoms with Crippen LogP contribution in [0.5, 0.6) is 17.2 Å². The normalized spacial score (nSPS) is 12.9. The highest BCUT2D eigenvalue weighted by molar-refractivity contribution is 7.91. The Morgan fingerprint density at radius 3 is 2.41 bits per heavy atom. The lowest BCUT2D eigenvalue weighted by Crippen LogP contribution is -2.16. The van der Waals surface area contributed by atoms with Crippen molar-refractivity contribution in [3.8, 4) is 28.7 Å². The van der Waals surface area contributed by atoms with E-state index in [0.717, 1.165) is 5.56 Å². The van der Waals surface area contributed by atoms with Crippen LogP contribution in [-0.4, -0.2) is 33.7 Å². The van der Waals surface area contributed by atoms with Gasteiger partial charge in [-0.25, -0.2) is 8.42 Å². The van der Waals surface area contributed by atoms with Gasteiger partial charge in [-0.05, 0) is 55.0 Å². The Hall–Kier alpha value is -3.98. The number of aromatic nitrogens is 1. The second-order valence-electron chi connectivity index (χ2n) is 7.63. The van der Waals surface area contributed by atoms with E-state index < -0.39 is 9.84 Å². The van der Waals surface area contributed by atoms with Gasteiger partial charge in [0, 0.05) is 17.3 Å². The van der Waals surface area contributed by atoms with E-state index in [1.807, 2.05) is 31.2 Å². The zero-order valence-electron chi connectivity index (χ0n) is 18.6. The molecular formula is C25H22N2O6S. The first-order valence-electron chi connectivity index (χ1n) is 10.6. The third kappa shape index (κ3) is 4.06. The van der Waals surface area contributed by atoms with Gasteiger partial charge in [-0.1, -0.05) is 18.2 Å². The third-order valence-electron chi connectivity index (χ3n) is 5.40. The average molecular weight is 479 g/mol. The Morgan fingerprint density at radius 2 is 1.68 bits per heavy atom. The summed E-state index contributed by atoms with van der Waals surface area (Å²) in [5, 5.41) is 2.88. The SMILES string of the molecule is COc1ccc(-c2nc(S(=O)(=O)c3ccc4c(c3)OCCO4)c(Nc3ccccc3C)o2)cc1. The Bertz CT molecular complexity index is 1440. The van der Waals surface area contributed by atoms with Crippen LogP contribution in [0.3, 0.4) is 0 Å². The Kier molecular flexibility index (Phi) is 5.62. The van der Waals surface area contributed by atoms with Gasteiger partial charge in [0.15, 0.2) is 11.5 Å². The molecule has 0 unspecified atom stereocenters. The van der Waals surface area contributed by atoms with Gasteiger partial charge >= 0.3 is 0 Å². The number of hydrogen-bond acceptors (Lipinski definition) is 8. The van der Waals surface area contributed by atoms with E-state index in [4.69, 9.17) is 18.6 Å². The third-order valence-corrected chi connectivity index (χ3v) is 7.07. The van der Waals surface area contributed by atoms with Gasteiger partial charge in [0.05, 0.1) is 12.0 Å². The van der Waals surface area contributed by atoms with E-state index in [0.29, 0.717) is 41.7 Å². The smallest absolute Gasteiger partial charge is 0.238 e. The van der Waals surface area contributed by atoms with E-state index in [9.17, 15) is 8.42 Å². The number of benzene rings is 3. The van der Waals surface area contributed by atoms with Crippen LogP contribution in [0.4, 0.5) is 11.6 Å². The molecule has 5 rings (SSSR count). The molecule has 2 heterocycles. The summed E-state index contributed by atoms with van der Waals surface area (Å²) >= 11 is 0. The summed E-state index contributed by atoms with van der Waals surface area (Å²) in [4.78, 5) is 4.42. The fraction of sp³-hybridized carbons (Fsp3) is 0.160. The lowest BCUT2D eigenvalue weighted by molar-refractivity contribution is 0.171. The minimum Gasteiger partial charge on any atom is -0.497 e. The van der Waals surface area contributed by atoms with Gasteiger partial charge in [0.2, 0.25) is 26.6 Å². The molecule has 9 heteroatoms. The van der Waals surface area contributed by atoms with Gasteiger partial charge < -0.3 is 23.9 Å². The van der Waals surface area contributed by atoms with Crippen molar-refractivity contribution in [1.82, 2.24) is 4.98 Å². The number of sulfone groups is 1. The first-order valence-corrected chi connectivity index (χ1v) is 12.1. The molecule has 3 aromatic carbocycles. The van der Waals surface area contributed by atoms with Crippen LogP contribution in [0.1, 0.15) is 5.56 Å². The predicted octanol–water partition coefficient (Wildman–Crippen LogP) is 5.01. The Labute approximate surface area is 197 Å². The van der Waals surface area contributed by atoms with Crippen molar-refractivity contribution in [3.05, 3.63) is 72.3 Å². The number of oxazole rings is 1. The summed E-state index contributed by atoms with van der Waals surface area (Å²) in [5.41, 5.74) is 2.24. The minimum atomic E-state index is -4.06. The number of methoxy groups -OCH3 is 1. The highest BCUT2D eigenvalue weighted by atomic mass is 32.2. The minimum absolute atomic E-state index is 0.0232. The van der Waals surface area contributed by atoms with Crippen LogP contribution in [0.15, 0.2) is 81.1 Å². The molecule has 1 N–H and O–H groups in total. The molecule has 0 aliphatic carbocycles. The predicted molar refractivity (Wildman–Crippen MR) is 126 cm³/mol. The van der Waals surface area contributed by atoms with E-state index in [-0.39, 0.29) is 21.7 Å². The summed E-state index contributed by atoms with van der Waals surface area (Å²) in [6, 6.07) is 19.0. The Morgan fingerprint density at radius 1 is 0.941 bits per heavy atom.